The third-order valence-corrected chi connectivity index (χ3v) is 2.68. The van der Waals surface area contributed by atoms with E-state index in [1.165, 1.54) is 5.57 Å². The molecular weight excluding hydrogens is 206 g/mol. The minimum atomic E-state index is -0.287. The molecule has 4 N–H and O–H groups in total. The first-order valence-corrected chi connectivity index (χ1v) is 5.57. The lowest BCUT2D eigenvalue weighted by molar-refractivity contribution is -0.118. The molecule has 1 heterocycles. The lowest BCUT2D eigenvalue weighted by atomic mass is 10.0. The molecule has 1 rings (SSSR count). The summed E-state index contributed by atoms with van der Waals surface area (Å²) in [5.41, 5.74) is 7.00. The molecule has 2 amide bonds. The SMILES string of the molecule is CC(C(=O)NCCCCC(N)=O)=C1CNC1. The Kier molecular flexibility index (Phi) is 4.98. The van der Waals surface area contributed by atoms with E-state index in [0.29, 0.717) is 13.0 Å². The summed E-state index contributed by atoms with van der Waals surface area (Å²) in [4.78, 5) is 22.0. The van der Waals surface area contributed by atoms with Crippen LogP contribution < -0.4 is 16.4 Å². The van der Waals surface area contributed by atoms with Crippen molar-refractivity contribution in [3.05, 3.63) is 11.1 Å². The van der Waals surface area contributed by atoms with Gasteiger partial charge in [-0.25, -0.2) is 0 Å². The van der Waals surface area contributed by atoms with E-state index in [1.54, 1.807) is 0 Å². The van der Waals surface area contributed by atoms with Crippen molar-refractivity contribution in [1.29, 1.82) is 0 Å². The fourth-order valence-corrected chi connectivity index (χ4v) is 1.43. The standard InChI is InChI=1S/C11H19N3O2/c1-8(9-6-13-7-9)11(16)14-5-3-2-4-10(12)15/h13H,2-7H2,1H3,(H2,12,15)(H,14,16). The van der Waals surface area contributed by atoms with Crippen molar-refractivity contribution in [3.8, 4) is 0 Å². The molecule has 0 radical (unpaired) electrons. The van der Waals surface area contributed by atoms with Gasteiger partial charge in [-0.15, -0.1) is 0 Å². The van der Waals surface area contributed by atoms with Crippen molar-refractivity contribution in [2.45, 2.75) is 26.2 Å². The van der Waals surface area contributed by atoms with Gasteiger partial charge in [0.05, 0.1) is 0 Å². The number of unbranched alkanes of at least 4 members (excludes halogenated alkanes) is 1. The molecule has 1 aliphatic rings. The first-order chi connectivity index (χ1) is 7.61. The second-order valence-electron chi connectivity index (χ2n) is 4.01. The molecule has 0 spiro atoms. The maximum absolute atomic E-state index is 11.6. The van der Waals surface area contributed by atoms with Gasteiger partial charge in [-0.3, -0.25) is 9.59 Å². The number of carbonyl (C=O) groups is 2. The van der Waals surface area contributed by atoms with Crippen LogP contribution in [-0.4, -0.2) is 31.4 Å². The zero-order chi connectivity index (χ0) is 12.0. The molecule has 0 bridgehead atoms. The highest BCUT2D eigenvalue weighted by molar-refractivity contribution is 5.93. The maximum atomic E-state index is 11.6. The highest BCUT2D eigenvalue weighted by Gasteiger charge is 2.15. The third kappa shape index (κ3) is 4.02. The van der Waals surface area contributed by atoms with Crippen LogP contribution in [0.1, 0.15) is 26.2 Å². The predicted octanol–water partition coefficient (Wildman–Crippen LogP) is -0.322. The zero-order valence-corrected chi connectivity index (χ0v) is 9.64. The molecule has 1 saturated heterocycles. The summed E-state index contributed by atoms with van der Waals surface area (Å²) in [5.74, 6) is -0.291. The molecule has 0 aromatic rings. The second kappa shape index (κ2) is 6.27. The van der Waals surface area contributed by atoms with E-state index in [-0.39, 0.29) is 11.8 Å². The van der Waals surface area contributed by atoms with E-state index in [2.05, 4.69) is 10.6 Å². The van der Waals surface area contributed by atoms with E-state index in [4.69, 9.17) is 5.73 Å². The van der Waals surface area contributed by atoms with E-state index < -0.39 is 0 Å². The van der Waals surface area contributed by atoms with Crippen LogP contribution >= 0.6 is 0 Å². The van der Waals surface area contributed by atoms with Crippen LogP contribution in [0.5, 0.6) is 0 Å². The Bertz CT molecular complexity index is 304. The topological polar surface area (TPSA) is 84.2 Å². The summed E-state index contributed by atoms with van der Waals surface area (Å²) in [7, 11) is 0. The summed E-state index contributed by atoms with van der Waals surface area (Å²) >= 11 is 0. The molecule has 5 nitrogen and oxygen atoms in total. The number of hydrogen-bond donors (Lipinski definition) is 3. The first kappa shape index (κ1) is 12.7. The molecular formula is C11H19N3O2. The highest BCUT2D eigenvalue weighted by Crippen LogP contribution is 2.08. The summed E-state index contributed by atoms with van der Waals surface area (Å²) in [5, 5.41) is 5.93. The van der Waals surface area contributed by atoms with Crippen LogP contribution in [-0.2, 0) is 9.59 Å². The quantitative estimate of drug-likeness (QED) is 0.428. The lowest BCUT2D eigenvalue weighted by Crippen LogP contribution is -2.37. The van der Waals surface area contributed by atoms with Crippen LogP contribution in [0.4, 0.5) is 0 Å². The van der Waals surface area contributed by atoms with Gasteiger partial charge in [-0.05, 0) is 25.3 Å². The number of primary amides is 1. The highest BCUT2D eigenvalue weighted by atomic mass is 16.2. The number of carbonyl (C=O) groups excluding carboxylic acids is 2. The molecule has 0 atom stereocenters. The summed E-state index contributed by atoms with van der Waals surface area (Å²) in [6.07, 6.45) is 1.90. The van der Waals surface area contributed by atoms with Gasteiger partial charge < -0.3 is 16.4 Å². The van der Waals surface area contributed by atoms with Crippen molar-refractivity contribution in [2.75, 3.05) is 19.6 Å². The van der Waals surface area contributed by atoms with E-state index in [9.17, 15) is 9.59 Å². The Morgan fingerprint density at radius 2 is 2.06 bits per heavy atom. The molecule has 90 valence electrons. The number of nitrogens with one attached hydrogen (secondary N) is 2. The molecule has 5 heteroatoms. The summed E-state index contributed by atoms with van der Waals surface area (Å²) in [6, 6.07) is 0. The number of amides is 2. The van der Waals surface area contributed by atoms with Crippen LogP contribution in [0.25, 0.3) is 0 Å². The molecule has 0 aromatic carbocycles. The monoisotopic (exact) mass is 225 g/mol. The van der Waals surface area contributed by atoms with Crippen molar-refractivity contribution >= 4 is 11.8 Å². The minimum absolute atomic E-state index is 0.00410. The normalized spacial score (nSPS) is 14.2. The molecule has 0 saturated carbocycles. The minimum Gasteiger partial charge on any atom is -0.370 e. The van der Waals surface area contributed by atoms with Gasteiger partial charge in [0.2, 0.25) is 11.8 Å². The maximum Gasteiger partial charge on any atom is 0.246 e. The predicted molar refractivity (Wildman–Crippen MR) is 61.6 cm³/mol. The molecule has 16 heavy (non-hydrogen) atoms. The largest absolute Gasteiger partial charge is 0.370 e. The average Bonchev–Trinajstić information content (AvgIpc) is 2.13. The Morgan fingerprint density at radius 1 is 1.38 bits per heavy atom. The van der Waals surface area contributed by atoms with Crippen molar-refractivity contribution < 1.29 is 9.59 Å². The summed E-state index contributed by atoms with van der Waals surface area (Å²) in [6.45, 7) is 4.08. The third-order valence-electron chi connectivity index (χ3n) is 2.68. The second-order valence-corrected chi connectivity index (χ2v) is 4.01. The van der Waals surface area contributed by atoms with Gasteiger partial charge in [0.25, 0.3) is 0 Å². The first-order valence-electron chi connectivity index (χ1n) is 5.57. The molecule has 1 fully saturated rings. The summed E-state index contributed by atoms with van der Waals surface area (Å²) < 4.78 is 0. The fraction of sp³-hybridized carbons (Fsp3) is 0.636. The van der Waals surface area contributed by atoms with Gasteiger partial charge in [-0.1, -0.05) is 0 Å². The van der Waals surface area contributed by atoms with Gasteiger partial charge >= 0.3 is 0 Å². The van der Waals surface area contributed by atoms with Gasteiger partial charge in [0.15, 0.2) is 0 Å². The van der Waals surface area contributed by atoms with Crippen LogP contribution in [0, 0.1) is 0 Å². The van der Waals surface area contributed by atoms with Crippen LogP contribution in [0.15, 0.2) is 11.1 Å². The van der Waals surface area contributed by atoms with E-state index in [1.807, 2.05) is 6.92 Å². The van der Waals surface area contributed by atoms with Gasteiger partial charge in [-0.2, -0.15) is 0 Å². The van der Waals surface area contributed by atoms with E-state index >= 15 is 0 Å². The Morgan fingerprint density at radius 3 is 2.56 bits per heavy atom. The van der Waals surface area contributed by atoms with Gasteiger partial charge in [0.1, 0.15) is 0 Å². The van der Waals surface area contributed by atoms with Crippen molar-refractivity contribution in [2.24, 2.45) is 5.73 Å². The molecule has 0 unspecified atom stereocenters. The molecule has 0 aromatic heterocycles. The lowest BCUT2D eigenvalue weighted by Gasteiger charge is -2.21. The fourth-order valence-electron chi connectivity index (χ4n) is 1.43. The van der Waals surface area contributed by atoms with Crippen molar-refractivity contribution in [1.82, 2.24) is 10.6 Å². The Labute approximate surface area is 95.5 Å². The zero-order valence-electron chi connectivity index (χ0n) is 9.64. The van der Waals surface area contributed by atoms with Crippen molar-refractivity contribution in [3.63, 3.8) is 0 Å². The molecule has 1 aliphatic heterocycles. The van der Waals surface area contributed by atoms with Crippen LogP contribution in [0.3, 0.4) is 0 Å². The Hall–Kier alpha value is -1.36. The smallest absolute Gasteiger partial charge is 0.246 e. The van der Waals surface area contributed by atoms with Crippen LogP contribution in [0.2, 0.25) is 0 Å². The Balaban J connectivity index is 2.13. The number of hydrogen-bond acceptors (Lipinski definition) is 3. The number of nitrogens with two attached hydrogens (primary N) is 1. The van der Waals surface area contributed by atoms with Gasteiger partial charge in [0, 0.05) is 31.6 Å². The molecule has 0 aliphatic carbocycles. The number of rotatable bonds is 6. The average molecular weight is 225 g/mol. The van der Waals surface area contributed by atoms with E-state index in [0.717, 1.165) is 31.5 Å².